The molecule has 8 heteroatoms. The Bertz CT molecular complexity index is 915. The number of unbranched alkanes of at least 4 members (excludes halogenated alkanes) is 1. The molecule has 0 atom stereocenters. The summed E-state index contributed by atoms with van der Waals surface area (Å²) in [6, 6.07) is 7.29. The highest BCUT2D eigenvalue weighted by molar-refractivity contribution is 7.92. The number of sulfonamides is 1. The van der Waals surface area contributed by atoms with Crippen molar-refractivity contribution in [3.8, 4) is 16.9 Å². The van der Waals surface area contributed by atoms with Crippen LogP contribution in [0.4, 0.5) is 5.88 Å². The topological polar surface area (TPSA) is 86.1 Å². The number of carbonyl (C=O) groups excluding carboxylic acids is 1. The van der Waals surface area contributed by atoms with Crippen LogP contribution in [0.2, 0.25) is 0 Å². The van der Waals surface area contributed by atoms with Gasteiger partial charge in [-0.2, -0.15) is 0 Å². The Morgan fingerprint density at radius 3 is 2.36 bits per heavy atom. The summed E-state index contributed by atoms with van der Waals surface area (Å²) in [5.74, 6) is 0.911. The van der Waals surface area contributed by atoms with Crippen LogP contribution in [0.1, 0.15) is 38.0 Å². The first-order chi connectivity index (χ1) is 13.2. The van der Waals surface area contributed by atoms with E-state index in [-0.39, 0.29) is 12.5 Å². The number of esters is 1. The molecule has 1 aromatic carbocycles. The predicted molar refractivity (Wildman–Crippen MR) is 108 cm³/mol. The van der Waals surface area contributed by atoms with Gasteiger partial charge in [-0.15, -0.1) is 0 Å². The molecular formula is C20H27NO6S. The van der Waals surface area contributed by atoms with E-state index in [1.165, 1.54) is 11.2 Å². The molecule has 2 aromatic rings. The monoisotopic (exact) mass is 409 g/mol. The minimum atomic E-state index is -3.56. The van der Waals surface area contributed by atoms with Crippen LogP contribution >= 0.6 is 0 Å². The molecular weight excluding hydrogens is 382 g/mol. The third-order valence-corrected chi connectivity index (χ3v) is 5.50. The molecule has 0 bridgehead atoms. The van der Waals surface area contributed by atoms with Gasteiger partial charge >= 0.3 is 5.97 Å². The van der Waals surface area contributed by atoms with Crippen molar-refractivity contribution in [1.29, 1.82) is 0 Å². The number of rotatable bonds is 9. The van der Waals surface area contributed by atoms with Crippen molar-refractivity contribution in [3.63, 3.8) is 0 Å². The number of carbonyl (C=O) groups is 1. The van der Waals surface area contributed by atoms with Gasteiger partial charge in [-0.3, -0.25) is 4.79 Å². The minimum Gasteiger partial charge on any atom is -0.497 e. The predicted octanol–water partition coefficient (Wildman–Crippen LogP) is 3.89. The zero-order valence-corrected chi connectivity index (χ0v) is 17.8. The average Bonchev–Trinajstić information content (AvgIpc) is 2.95. The van der Waals surface area contributed by atoms with Gasteiger partial charge in [0.2, 0.25) is 15.9 Å². The lowest BCUT2D eigenvalue weighted by molar-refractivity contribution is -0.142. The smallest absolute Gasteiger partial charge is 0.303 e. The normalized spacial score (nSPS) is 11.3. The van der Waals surface area contributed by atoms with Gasteiger partial charge in [0.25, 0.3) is 0 Å². The first-order valence-corrected chi connectivity index (χ1v) is 10.9. The summed E-state index contributed by atoms with van der Waals surface area (Å²) in [6.45, 7) is 5.37. The van der Waals surface area contributed by atoms with Crippen LogP contribution in [0.15, 0.2) is 28.7 Å². The van der Waals surface area contributed by atoms with E-state index in [1.54, 1.807) is 19.2 Å². The van der Waals surface area contributed by atoms with E-state index >= 15 is 0 Å². The van der Waals surface area contributed by atoms with E-state index in [9.17, 15) is 13.2 Å². The van der Waals surface area contributed by atoms with Crippen molar-refractivity contribution in [2.45, 2.75) is 40.2 Å². The van der Waals surface area contributed by atoms with Gasteiger partial charge in [0.1, 0.15) is 18.1 Å². The maximum absolute atomic E-state index is 12.5. The molecule has 28 heavy (non-hydrogen) atoms. The fourth-order valence-electron chi connectivity index (χ4n) is 2.84. The van der Waals surface area contributed by atoms with E-state index < -0.39 is 16.0 Å². The number of methoxy groups -OCH3 is 1. The average molecular weight is 410 g/mol. The van der Waals surface area contributed by atoms with Crippen molar-refractivity contribution in [2.24, 2.45) is 0 Å². The third-order valence-electron chi connectivity index (χ3n) is 4.35. The summed E-state index contributed by atoms with van der Waals surface area (Å²) < 4.78 is 42.4. The molecule has 0 spiro atoms. The maximum Gasteiger partial charge on any atom is 0.303 e. The van der Waals surface area contributed by atoms with E-state index in [2.05, 4.69) is 0 Å². The first kappa shape index (κ1) is 21.8. The van der Waals surface area contributed by atoms with E-state index in [0.29, 0.717) is 30.0 Å². The highest BCUT2D eigenvalue weighted by atomic mass is 32.2. The second-order valence-electron chi connectivity index (χ2n) is 6.53. The van der Waals surface area contributed by atoms with Crippen LogP contribution < -0.4 is 9.04 Å². The Labute approximate surface area is 166 Å². The third kappa shape index (κ3) is 5.07. The van der Waals surface area contributed by atoms with Crippen LogP contribution in [0, 0.1) is 6.92 Å². The van der Waals surface area contributed by atoms with Gasteiger partial charge in [0.15, 0.2) is 0 Å². The zero-order valence-electron chi connectivity index (χ0n) is 16.9. The number of hydrogen-bond donors (Lipinski definition) is 0. The Morgan fingerprint density at radius 1 is 1.21 bits per heavy atom. The summed E-state index contributed by atoms with van der Waals surface area (Å²) in [5, 5.41) is 0. The molecule has 0 aliphatic heterocycles. The van der Waals surface area contributed by atoms with Crippen molar-refractivity contribution >= 4 is 21.9 Å². The quantitative estimate of drug-likeness (QED) is 0.584. The number of furan rings is 1. The summed E-state index contributed by atoms with van der Waals surface area (Å²) in [6.07, 6.45) is 2.68. The molecule has 0 saturated carbocycles. The largest absolute Gasteiger partial charge is 0.497 e. The lowest BCUT2D eigenvalue weighted by atomic mass is 10.0. The van der Waals surface area contributed by atoms with Gasteiger partial charge < -0.3 is 13.9 Å². The van der Waals surface area contributed by atoms with E-state index in [0.717, 1.165) is 23.8 Å². The summed E-state index contributed by atoms with van der Waals surface area (Å²) in [4.78, 5) is 11.2. The number of ether oxygens (including phenoxy) is 2. The summed E-state index contributed by atoms with van der Waals surface area (Å²) in [5.41, 5.74) is 2.18. The van der Waals surface area contributed by atoms with Crippen molar-refractivity contribution in [3.05, 3.63) is 35.6 Å². The molecule has 0 aliphatic rings. The fourth-order valence-corrected chi connectivity index (χ4v) is 3.73. The van der Waals surface area contributed by atoms with Gasteiger partial charge in [0.05, 0.1) is 13.4 Å². The SMILES string of the molecule is CCCCN(c1oc(COC(C)=O)c(C)c1-c1ccc(OC)cc1)S(C)(=O)=O. The number of anilines is 1. The molecule has 0 radical (unpaired) electrons. The summed E-state index contributed by atoms with van der Waals surface area (Å²) >= 11 is 0. The van der Waals surface area contributed by atoms with Gasteiger partial charge in [-0.05, 0) is 31.0 Å². The molecule has 154 valence electrons. The lowest BCUT2D eigenvalue weighted by Crippen LogP contribution is -2.30. The Hall–Kier alpha value is -2.48. The van der Waals surface area contributed by atoms with Crippen LogP contribution in [-0.2, 0) is 26.2 Å². The lowest BCUT2D eigenvalue weighted by Gasteiger charge is -2.21. The molecule has 0 amide bonds. The zero-order chi connectivity index (χ0) is 20.9. The molecule has 0 saturated heterocycles. The first-order valence-electron chi connectivity index (χ1n) is 9.06. The fraction of sp³-hybridized carbons (Fsp3) is 0.450. The number of nitrogens with zero attached hydrogens (tertiary/aromatic N) is 1. The second kappa shape index (κ2) is 9.14. The van der Waals surface area contributed by atoms with Crippen molar-refractivity contribution in [2.75, 3.05) is 24.2 Å². The molecule has 0 fully saturated rings. The Kier molecular flexibility index (Phi) is 7.12. The second-order valence-corrected chi connectivity index (χ2v) is 8.43. The minimum absolute atomic E-state index is 0.0598. The van der Waals surface area contributed by atoms with Gasteiger partial charge in [0, 0.05) is 24.6 Å². The standard InChI is InChI=1S/C20H27NO6S/c1-6-7-12-21(28(5,23)24)20-19(16-8-10-17(25-4)11-9-16)14(2)18(27-20)13-26-15(3)22/h8-11H,6-7,12-13H2,1-5H3. The molecule has 2 rings (SSSR count). The van der Waals surface area contributed by atoms with Gasteiger partial charge in [-0.1, -0.05) is 25.5 Å². The number of benzene rings is 1. The molecule has 7 nitrogen and oxygen atoms in total. The van der Waals surface area contributed by atoms with Crippen LogP contribution in [0.5, 0.6) is 5.75 Å². The molecule has 1 heterocycles. The van der Waals surface area contributed by atoms with E-state index in [1.807, 2.05) is 26.0 Å². The summed E-state index contributed by atoms with van der Waals surface area (Å²) in [7, 11) is -1.98. The van der Waals surface area contributed by atoms with Crippen LogP contribution in [-0.4, -0.2) is 34.3 Å². The maximum atomic E-state index is 12.5. The Balaban J connectivity index is 2.62. The highest BCUT2D eigenvalue weighted by Crippen LogP contribution is 2.40. The molecule has 0 aliphatic carbocycles. The Morgan fingerprint density at radius 2 is 1.86 bits per heavy atom. The van der Waals surface area contributed by atoms with Crippen LogP contribution in [0.3, 0.4) is 0 Å². The molecule has 1 aromatic heterocycles. The van der Waals surface area contributed by atoms with Gasteiger partial charge in [-0.25, -0.2) is 12.7 Å². The van der Waals surface area contributed by atoms with Crippen molar-refractivity contribution in [1.82, 2.24) is 0 Å². The molecule has 0 N–H and O–H groups in total. The highest BCUT2D eigenvalue weighted by Gasteiger charge is 2.28. The van der Waals surface area contributed by atoms with Crippen LogP contribution in [0.25, 0.3) is 11.1 Å². The van der Waals surface area contributed by atoms with Crippen molar-refractivity contribution < 1.29 is 27.1 Å². The van der Waals surface area contributed by atoms with E-state index in [4.69, 9.17) is 13.9 Å². The number of hydrogen-bond acceptors (Lipinski definition) is 6. The molecule has 0 unspecified atom stereocenters.